The maximum absolute atomic E-state index is 12.3. The predicted octanol–water partition coefficient (Wildman–Crippen LogP) is 2.34. The average molecular weight is 301 g/mol. The highest BCUT2D eigenvalue weighted by Gasteiger charge is 2.32. The summed E-state index contributed by atoms with van der Waals surface area (Å²) in [5, 5.41) is 6.74. The largest absolute Gasteiger partial charge is 0.485 e. The van der Waals surface area contributed by atoms with Gasteiger partial charge >= 0.3 is 0 Å². The van der Waals surface area contributed by atoms with Gasteiger partial charge in [0.1, 0.15) is 5.75 Å². The van der Waals surface area contributed by atoms with Crippen molar-refractivity contribution in [2.45, 2.75) is 26.9 Å². The van der Waals surface area contributed by atoms with Crippen molar-refractivity contribution in [3.8, 4) is 5.75 Å². The van der Waals surface area contributed by atoms with Crippen LogP contribution in [0.25, 0.3) is 0 Å². The first-order valence-electron chi connectivity index (χ1n) is 7.42. The van der Waals surface area contributed by atoms with E-state index in [-0.39, 0.29) is 12.5 Å². The third-order valence-electron chi connectivity index (χ3n) is 3.86. The molecule has 0 bridgehead atoms. The number of para-hydroxylation sites is 1. The average Bonchev–Trinajstić information content (AvgIpc) is 3.07. The molecule has 0 spiro atoms. The third kappa shape index (κ3) is 3.44. The molecule has 1 fully saturated rings. The van der Waals surface area contributed by atoms with Crippen molar-refractivity contribution in [1.29, 1.82) is 0 Å². The molecule has 1 saturated carbocycles. The van der Waals surface area contributed by atoms with Crippen LogP contribution in [0.1, 0.15) is 35.4 Å². The van der Waals surface area contributed by atoms with Crippen molar-refractivity contribution in [3.05, 3.63) is 41.5 Å². The van der Waals surface area contributed by atoms with Crippen LogP contribution >= 0.6 is 0 Å². The lowest BCUT2D eigenvalue weighted by Crippen LogP contribution is -2.26. The Morgan fingerprint density at radius 1 is 1.45 bits per heavy atom. The number of carbonyl (C=O) groups excluding carboxylic acids is 1. The van der Waals surface area contributed by atoms with E-state index in [1.165, 1.54) is 6.42 Å². The van der Waals surface area contributed by atoms with E-state index in [0.29, 0.717) is 34.9 Å². The molecule has 2 aromatic rings. The molecule has 3 rings (SSSR count). The van der Waals surface area contributed by atoms with E-state index in [0.717, 1.165) is 6.54 Å². The van der Waals surface area contributed by atoms with Crippen LogP contribution in [0.3, 0.4) is 0 Å². The Hall–Kier alpha value is -2.37. The van der Waals surface area contributed by atoms with Crippen LogP contribution in [-0.4, -0.2) is 22.6 Å². The number of aromatic nitrogens is 2. The second kappa shape index (κ2) is 6.17. The lowest BCUT2D eigenvalue weighted by atomic mass is 10.2. The Morgan fingerprint density at radius 2 is 2.23 bits per heavy atom. The van der Waals surface area contributed by atoms with E-state index in [1.54, 1.807) is 19.1 Å². The standard InChI is InChI=1S/C16H19N3O3/c1-10-7-12(10)8-17-16(20)13-5-3-4-6-14(13)21-9-15-18-11(2)22-19-15/h3-6,10,12H,7-9H2,1-2H3,(H,17,20)/t10-,12+/m1/s1. The summed E-state index contributed by atoms with van der Waals surface area (Å²) in [5.74, 6) is 2.68. The van der Waals surface area contributed by atoms with Gasteiger partial charge in [0.05, 0.1) is 5.56 Å². The molecule has 0 saturated heterocycles. The molecule has 6 heteroatoms. The maximum Gasteiger partial charge on any atom is 0.255 e. The summed E-state index contributed by atoms with van der Waals surface area (Å²) < 4.78 is 10.5. The molecule has 1 N–H and O–H groups in total. The number of nitrogens with one attached hydrogen (secondary N) is 1. The summed E-state index contributed by atoms with van der Waals surface area (Å²) in [7, 11) is 0. The highest BCUT2D eigenvalue weighted by atomic mass is 16.5. The van der Waals surface area contributed by atoms with Gasteiger partial charge in [0.25, 0.3) is 5.91 Å². The van der Waals surface area contributed by atoms with Crippen LogP contribution in [0, 0.1) is 18.8 Å². The number of rotatable bonds is 6. The Kier molecular flexibility index (Phi) is 4.09. The number of ether oxygens (including phenoxy) is 1. The van der Waals surface area contributed by atoms with E-state index >= 15 is 0 Å². The quantitative estimate of drug-likeness (QED) is 0.886. The smallest absolute Gasteiger partial charge is 0.255 e. The van der Waals surface area contributed by atoms with Crippen LogP contribution in [-0.2, 0) is 6.61 Å². The van der Waals surface area contributed by atoms with Gasteiger partial charge in [-0.15, -0.1) is 0 Å². The molecule has 0 radical (unpaired) electrons. The van der Waals surface area contributed by atoms with Gasteiger partial charge in [0.15, 0.2) is 6.61 Å². The number of benzene rings is 1. The summed E-state index contributed by atoms with van der Waals surface area (Å²) in [6.07, 6.45) is 1.19. The van der Waals surface area contributed by atoms with Crippen molar-refractivity contribution in [3.63, 3.8) is 0 Å². The first-order chi connectivity index (χ1) is 10.6. The van der Waals surface area contributed by atoms with Crippen molar-refractivity contribution >= 4 is 5.91 Å². The van der Waals surface area contributed by atoms with Gasteiger partial charge in [-0.25, -0.2) is 0 Å². The first kappa shape index (κ1) is 14.6. The molecular weight excluding hydrogens is 282 g/mol. The second-order valence-corrected chi connectivity index (χ2v) is 5.70. The van der Waals surface area contributed by atoms with Gasteiger partial charge in [-0.3, -0.25) is 4.79 Å². The molecule has 2 atom stereocenters. The summed E-state index contributed by atoms with van der Waals surface area (Å²) in [5.41, 5.74) is 0.524. The molecule has 0 unspecified atom stereocenters. The van der Waals surface area contributed by atoms with Crippen LogP contribution < -0.4 is 10.1 Å². The van der Waals surface area contributed by atoms with E-state index in [9.17, 15) is 4.79 Å². The maximum atomic E-state index is 12.3. The molecule has 6 nitrogen and oxygen atoms in total. The number of hydrogen-bond donors (Lipinski definition) is 1. The molecule has 116 valence electrons. The Bertz CT molecular complexity index is 668. The molecule has 1 heterocycles. The zero-order valence-corrected chi connectivity index (χ0v) is 12.7. The minimum absolute atomic E-state index is 0.112. The Morgan fingerprint density at radius 3 is 2.91 bits per heavy atom. The molecule has 1 aromatic heterocycles. The fourth-order valence-electron chi connectivity index (χ4n) is 2.32. The van der Waals surface area contributed by atoms with E-state index in [1.807, 2.05) is 12.1 Å². The molecule has 22 heavy (non-hydrogen) atoms. The first-order valence-corrected chi connectivity index (χ1v) is 7.42. The highest BCUT2D eigenvalue weighted by molar-refractivity contribution is 5.96. The number of carbonyl (C=O) groups is 1. The van der Waals surface area contributed by atoms with Crippen molar-refractivity contribution in [2.75, 3.05) is 6.54 Å². The third-order valence-corrected chi connectivity index (χ3v) is 3.86. The van der Waals surface area contributed by atoms with Gasteiger partial charge in [0.2, 0.25) is 11.7 Å². The minimum Gasteiger partial charge on any atom is -0.485 e. The molecule has 0 aliphatic heterocycles. The molecular formula is C16H19N3O3. The molecule has 1 amide bonds. The summed E-state index contributed by atoms with van der Waals surface area (Å²) in [6, 6.07) is 7.17. The van der Waals surface area contributed by atoms with Crippen LogP contribution in [0.4, 0.5) is 0 Å². The fourth-order valence-corrected chi connectivity index (χ4v) is 2.32. The Balaban J connectivity index is 1.62. The summed E-state index contributed by atoms with van der Waals surface area (Å²) in [4.78, 5) is 16.4. The zero-order valence-electron chi connectivity index (χ0n) is 12.7. The van der Waals surface area contributed by atoms with E-state index in [4.69, 9.17) is 9.26 Å². The van der Waals surface area contributed by atoms with Crippen LogP contribution in [0.2, 0.25) is 0 Å². The SMILES string of the molecule is Cc1nc(COc2ccccc2C(=O)NC[C@@H]2C[C@H]2C)no1. The topological polar surface area (TPSA) is 77.2 Å². The second-order valence-electron chi connectivity index (χ2n) is 5.70. The zero-order chi connectivity index (χ0) is 15.5. The van der Waals surface area contributed by atoms with E-state index < -0.39 is 0 Å². The fraction of sp³-hybridized carbons (Fsp3) is 0.438. The van der Waals surface area contributed by atoms with Gasteiger partial charge in [-0.2, -0.15) is 4.98 Å². The summed E-state index contributed by atoms with van der Waals surface area (Å²) >= 11 is 0. The lowest BCUT2D eigenvalue weighted by Gasteiger charge is -2.10. The molecule has 1 aliphatic rings. The Labute approximate surface area is 128 Å². The predicted molar refractivity (Wildman–Crippen MR) is 79.4 cm³/mol. The van der Waals surface area contributed by atoms with Crippen LogP contribution in [0.15, 0.2) is 28.8 Å². The number of hydrogen-bond acceptors (Lipinski definition) is 5. The van der Waals surface area contributed by atoms with E-state index in [2.05, 4.69) is 22.4 Å². The van der Waals surface area contributed by atoms with Gasteiger partial charge in [0, 0.05) is 13.5 Å². The minimum atomic E-state index is -0.112. The summed E-state index contributed by atoms with van der Waals surface area (Å²) in [6.45, 7) is 4.80. The number of aryl methyl sites for hydroxylation is 1. The van der Waals surface area contributed by atoms with Gasteiger partial charge in [-0.05, 0) is 30.4 Å². The molecule has 1 aromatic carbocycles. The van der Waals surface area contributed by atoms with Crippen molar-refractivity contribution in [1.82, 2.24) is 15.5 Å². The normalized spacial score (nSPS) is 19.7. The molecule has 1 aliphatic carbocycles. The highest BCUT2D eigenvalue weighted by Crippen LogP contribution is 2.36. The monoisotopic (exact) mass is 301 g/mol. The van der Waals surface area contributed by atoms with Crippen molar-refractivity contribution < 1.29 is 14.1 Å². The van der Waals surface area contributed by atoms with Crippen LogP contribution in [0.5, 0.6) is 5.75 Å². The van der Waals surface area contributed by atoms with Crippen molar-refractivity contribution in [2.24, 2.45) is 11.8 Å². The van der Waals surface area contributed by atoms with Gasteiger partial charge < -0.3 is 14.6 Å². The van der Waals surface area contributed by atoms with Gasteiger partial charge in [-0.1, -0.05) is 24.2 Å². The number of nitrogens with zero attached hydrogens (tertiary/aromatic N) is 2. The number of amides is 1. The lowest BCUT2D eigenvalue weighted by molar-refractivity contribution is 0.0946.